The lowest BCUT2D eigenvalue weighted by Gasteiger charge is -2.17. The quantitative estimate of drug-likeness (QED) is 0.390. The Kier molecular flexibility index (Phi) is 0.596. The van der Waals surface area contributed by atoms with Crippen molar-refractivity contribution in [2.75, 3.05) is 13.1 Å². The molecule has 5 heavy (non-hydrogen) atoms. The predicted molar refractivity (Wildman–Crippen MR) is 17.9 cm³/mol. The van der Waals surface area contributed by atoms with Crippen LogP contribution in [0.3, 0.4) is 0 Å². The maximum Gasteiger partial charge on any atom is 0.0822 e. The number of hydrogen-bond donors (Lipinski definition) is 1. The summed E-state index contributed by atoms with van der Waals surface area (Å²) < 4.78 is 0. The summed E-state index contributed by atoms with van der Waals surface area (Å²) in [6.07, 6.45) is -0.102. The van der Waals surface area contributed by atoms with E-state index in [1.807, 2.05) is 0 Å². The summed E-state index contributed by atoms with van der Waals surface area (Å²) in [5, 5.41) is 12.1. The summed E-state index contributed by atoms with van der Waals surface area (Å²) in [4.78, 5) is 0. The third-order valence-corrected chi connectivity index (χ3v) is 0.680. The molecule has 0 atom stereocenters. The van der Waals surface area contributed by atoms with Crippen LogP contribution in [-0.2, 0) is 0 Å². The van der Waals surface area contributed by atoms with E-state index in [0.29, 0.717) is 13.1 Å². The number of rotatable bonds is 0. The largest absolute Gasteiger partial charge is 0.390 e. The van der Waals surface area contributed by atoms with E-state index in [4.69, 9.17) is 5.11 Å². The van der Waals surface area contributed by atoms with Crippen molar-refractivity contribution in [3.8, 4) is 0 Å². The molecule has 1 fully saturated rings. The van der Waals surface area contributed by atoms with Crippen LogP contribution in [0.1, 0.15) is 0 Å². The molecule has 1 radical (unpaired) electrons. The Morgan fingerprint density at radius 2 is 2.00 bits per heavy atom. The van der Waals surface area contributed by atoms with E-state index in [9.17, 15) is 0 Å². The highest BCUT2D eigenvalue weighted by Crippen LogP contribution is 1.88. The standard InChI is InChI=1S/C3H6NO/c5-3-1-4-2-3/h3,5H,1-2H2. The molecule has 0 unspecified atom stereocenters. The molecular weight excluding hydrogens is 66.0 g/mol. The molecule has 1 rings (SSSR count). The molecule has 1 aliphatic heterocycles. The molecule has 1 aliphatic rings. The molecule has 2 heteroatoms. The van der Waals surface area contributed by atoms with Crippen molar-refractivity contribution >= 4 is 0 Å². The fourth-order valence-electron chi connectivity index (χ4n) is 0.245. The molecule has 0 bridgehead atoms. The average Bonchev–Trinajstić information content (AvgIpc) is 1.30. The zero-order valence-electron chi connectivity index (χ0n) is 2.89. The molecule has 1 N–H and O–H groups in total. The molecule has 29 valence electrons. The van der Waals surface area contributed by atoms with E-state index >= 15 is 0 Å². The third kappa shape index (κ3) is 0.412. The van der Waals surface area contributed by atoms with E-state index in [0.717, 1.165) is 0 Å². The fourth-order valence-corrected chi connectivity index (χ4v) is 0.245. The molecule has 1 saturated heterocycles. The van der Waals surface area contributed by atoms with Gasteiger partial charge in [-0.05, 0) is 0 Å². The minimum Gasteiger partial charge on any atom is -0.390 e. The van der Waals surface area contributed by atoms with Crippen LogP contribution in [0, 0.1) is 0 Å². The van der Waals surface area contributed by atoms with Crippen molar-refractivity contribution in [1.82, 2.24) is 5.32 Å². The first kappa shape index (κ1) is 3.12. The number of hydrogen-bond acceptors (Lipinski definition) is 1. The summed E-state index contributed by atoms with van der Waals surface area (Å²) in [5.41, 5.74) is 0. The molecule has 2 nitrogen and oxygen atoms in total. The smallest absolute Gasteiger partial charge is 0.0822 e. The Hall–Kier alpha value is -0.0800. The first-order chi connectivity index (χ1) is 2.39. The lowest BCUT2D eigenvalue weighted by Crippen LogP contribution is -2.40. The van der Waals surface area contributed by atoms with E-state index in [1.54, 1.807) is 0 Å². The van der Waals surface area contributed by atoms with Gasteiger partial charge in [-0.2, -0.15) is 0 Å². The van der Waals surface area contributed by atoms with E-state index < -0.39 is 0 Å². The number of aliphatic hydroxyl groups is 1. The Labute approximate surface area is 30.8 Å². The minimum absolute atomic E-state index is 0.102. The predicted octanol–water partition coefficient (Wildman–Crippen LogP) is -1.03. The Morgan fingerprint density at radius 1 is 1.60 bits per heavy atom. The summed E-state index contributed by atoms with van der Waals surface area (Å²) in [7, 11) is 0. The highest BCUT2D eigenvalue weighted by Gasteiger charge is 2.12. The van der Waals surface area contributed by atoms with E-state index in [-0.39, 0.29) is 6.10 Å². The Balaban J connectivity index is 2.08. The highest BCUT2D eigenvalue weighted by molar-refractivity contribution is 4.70. The first-order valence-electron chi connectivity index (χ1n) is 1.71. The lowest BCUT2D eigenvalue weighted by atomic mass is 10.2. The lowest BCUT2D eigenvalue weighted by molar-refractivity contribution is 0.114. The zero-order valence-corrected chi connectivity index (χ0v) is 2.89. The molecular formula is C3H6NO. The normalized spacial score (nSPS) is 25.8. The van der Waals surface area contributed by atoms with Crippen LogP contribution in [0.2, 0.25) is 0 Å². The van der Waals surface area contributed by atoms with Crippen LogP contribution in [0.25, 0.3) is 0 Å². The molecule has 0 aliphatic carbocycles. The van der Waals surface area contributed by atoms with Crippen molar-refractivity contribution in [2.45, 2.75) is 6.10 Å². The summed E-state index contributed by atoms with van der Waals surface area (Å²) in [6.45, 7) is 1.33. The summed E-state index contributed by atoms with van der Waals surface area (Å²) in [5.74, 6) is 0. The maximum atomic E-state index is 8.35. The Morgan fingerprint density at radius 3 is 2.00 bits per heavy atom. The monoisotopic (exact) mass is 72.0 g/mol. The van der Waals surface area contributed by atoms with Gasteiger partial charge in [-0.15, -0.1) is 0 Å². The average molecular weight is 72.1 g/mol. The van der Waals surface area contributed by atoms with Crippen LogP contribution in [0.15, 0.2) is 0 Å². The van der Waals surface area contributed by atoms with Crippen LogP contribution in [0.4, 0.5) is 0 Å². The van der Waals surface area contributed by atoms with E-state index in [1.165, 1.54) is 0 Å². The van der Waals surface area contributed by atoms with Gasteiger partial charge in [0.25, 0.3) is 0 Å². The Bertz CT molecular complexity index is 33.9. The minimum atomic E-state index is -0.102. The summed E-state index contributed by atoms with van der Waals surface area (Å²) >= 11 is 0. The SMILES string of the molecule is OC1C[N]C1. The van der Waals surface area contributed by atoms with Gasteiger partial charge >= 0.3 is 0 Å². The van der Waals surface area contributed by atoms with Crippen LogP contribution < -0.4 is 5.32 Å². The van der Waals surface area contributed by atoms with Crippen molar-refractivity contribution in [1.29, 1.82) is 0 Å². The fraction of sp³-hybridized carbons (Fsp3) is 1.00. The molecule has 0 aromatic carbocycles. The second-order valence-electron chi connectivity index (χ2n) is 1.24. The van der Waals surface area contributed by atoms with E-state index in [2.05, 4.69) is 5.32 Å². The molecule has 1 heterocycles. The third-order valence-electron chi connectivity index (χ3n) is 0.680. The van der Waals surface area contributed by atoms with Gasteiger partial charge in [-0.25, -0.2) is 5.32 Å². The van der Waals surface area contributed by atoms with Gasteiger partial charge in [-0.3, -0.25) is 0 Å². The van der Waals surface area contributed by atoms with Gasteiger partial charge in [0.1, 0.15) is 0 Å². The first-order valence-corrected chi connectivity index (χ1v) is 1.71. The summed E-state index contributed by atoms with van der Waals surface area (Å²) in [6, 6.07) is 0. The number of nitrogens with zero attached hydrogens (tertiary/aromatic N) is 1. The molecule has 0 aromatic heterocycles. The van der Waals surface area contributed by atoms with Crippen molar-refractivity contribution in [3.63, 3.8) is 0 Å². The van der Waals surface area contributed by atoms with Crippen LogP contribution in [-0.4, -0.2) is 24.3 Å². The second-order valence-corrected chi connectivity index (χ2v) is 1.24. The van der Waals surface area contributed by atoms with Gasteiger partial charge in [-0.1, -0.05) is 0 Å². The van der Waals surface area contributed by atoms with Crippen LogP contribution in [0.5, 0.6) is 0 Å². The molecule has 0 saturated carbocycles. The molecule has 0 aromatic rings. The molecule has 0 amide bonds. The van der Waals surface area contributed by atoms with Gasteiger partial charge in [0.05, 0.1) is 6.10 Å². The second kappa shape index (κ2) is 0.954. The highest BCUT2D eigenvalue weighted by atomic mass is 16.3. The topological polar surface area (TPSA) is 34.3 Å². The van der Waals surface area contributed by atoms with Crippen LogP contribution >= 0.6 is 0 Å². The van der Waals surface area contributed by atoms with Gasteiger partial charge < -0.3 is 5.11 Å². The van der Waals surface area contributed by atoms with Crippen molar-refractivity contribution < 1.29 is 5.11 Å². The van der Waals surface area contributed by atoms with Crippen molar-refractivity contribution in [2.24, 2.45) is 0 Å². The maximum absolute atomic E-state index is 8.35. The van der Waals surface area contributed by atoms with Crippen molar-refractivity contribution in [3.05, 3.63) is 0 Å². The number of aliphatic hydroxyl groups excluding tert-OH is 1. The molecule has 0 spiro atoms. The zero-order chi connectivity index (χ0) is 3.70. The van der Waals surface area contributed by atoms with Gasteiger partial charge in [0, 0.05) is 13.1 Å². The van der Waals surface area contributed by atoms with Gasteiger partial charge in [0.15, 0.2) is 0 Å². The van der Waals surface area contributed by atoms with Gasteiger partial charge in [0.2, 0.25) is 0 Å².